The van der Waals surface area contributed by atoms with E-state index >= 15 is 0 Å². The molecular weight excluding hydrogens is 347 g/mol. The van der Waals surface area contributed by atoms with Crippen LogP contribution in [0.5, 0.6) is 5.75 Å². The molecule has 1 amide bonds. The van der Waals surface area contributed by atoms with E-state index in [-0.39, 0.29) is 24.4 Å². The highest BCUT2D eigenvalue weighted by molar-refractivity contribution is 6.30. The van der Waals surface area contributed by atoms with Crippen LogP contribution in [-0.4, -0.2) is 30.0 Å². The summed E-state index contributed by atoms with van der Waals surface area (Å²) in [5.74, 6) is 0.773. The number of hydrogen-bond acceptors (Lipinski definition) is 3. The van der Waals surface area contributed by atoms with Crippen LogP contribution in [0.15, 0.2) is 48.5 Å². The first kappa shape index (κ1) is 18.6. The van der Waals surface area contributed by atoms with Gasteiger partial charge in [-0.3, -0.25) is 4.79 Å². The van der Waals surface area contributed by atoms with Crippen molar-refractivity contribution in [2.45, 2.75) is 19.1 Å². The molecule has 1 saturated heterocycles. The number of hydrogen-bond donors (Lipinski definition) is 1. The molecule has 6 heteroatoms. The molecule has 1 fully saturated rings. The molecule has 2 N–H and O–H groups in total. The molecule has 0 radical (unpaired) electrons. The first-order chi connectivity index (χ1) is 11.2. The van der Waals surface area contributed by atoms with Gasteiger partial charge in [-0.15, -0.1) is 12.4 Å². The van der Waals surface area contributed by atoms with E-state index in [1.54, 1.807) is 6.07 Å². The summed E-state index contributed by atoms with van der Waals surface area (Å²) in [5.41, 5.74) is 7.28. The highest BCUT2D eigenvalue weighted by Gasteiger charge is 2.28. The van der Waals surface area contributed by atoms with Crippen molar-refractivity contribution < 1.29 is 9.53 Å². The summed E-state index contributed by atoms with van der Waals surface area (Å²) in [4.78, 5) is 14.3. The molecule has 1 unspecified atom stereocenters. The molecule has 0 saturated carbocycles. The maximum absolute atomic E-state index is 12.5. The quantitative estimate of drug-likeness (QED) is 0.900. The van der Waals surface area contributed by atoms with Crippen LogP contribution in [0.3, 0.4) is 0 Å². The van der Waals surface area contributed by atoms with Gasteiger partial charge in [-0.1, -0.05) is 29.8 Å². The summed E-state index contributed by atoms with van der Waals surface area (Å²) in [7, 11) is 0. The van der Waals surface area contributed by atoms with Gasteiger partial charge in [-0.2, -0.15) is 0 Å². The predicted octanol–water partition coefficient (Wildman–Crippen LogP) is 3.51. The van der Waals surface area contributed by atoms with Crippen LogP contribution >= 0.6 is 24.0 Å². The number of carbonyl (C=O) groups is 1. The number of halogens is 2. The van der Waals surface area contributed by atoms with Gasteiger partial charge in [0, 0.05) is 30.1 Å². The first-order valence-corrected chi connectivity index (χ1v) is 8.04. The Labute approximate surface area is 153 Å². The minimum absolute atomic E-state index is 0. The van der Waals surface area contributed by atoms with Crippen molar-refractivity contribution in [2.75, 3.05) is 13.1 Å². The zero-order valence-electron chi connectivity index (χ0n) is 13.2. The van der Waals surface area contributed by atoms with E-state index in [2.05, 4.69) is 0 Å². The summed E-state index contributed by atoms with van der Waals surface area (Å²) >= 11 is 5.96. The Morgan fingerprint density at radius 1 is 1.25 bits per heavy atom. The van der Waals surface area contributed by atoms with E-state index in [4.69, 9.17) is 22.1 Å². The van der Waals surface area contributed by atoms with Crippen molar-refractivity contribution in [3.8, 4) is 5.75 Å². The van der Waals surface area contributed by atoms with Gasteiger partial charge in [-0.05, 0) is 35.9 Å². The van der Waals surface area contributed by atoms with Gasteiger partial charge in [-0.25, -0.2) is 0 Å². The number of ether oxygens (including phenoxy) is 1. The van der Waals surface area contributed by atoms with Crippen LogP contribution < -0.4 is 10.5 Å². The Balaban J connectivity index is 0.00000208. The molecule has 0 aliphatic carbocycles. The molecule has 2 aromatic carbocycles. The highest BCUT2D eigenvalue weighted by Crippen LogP contribution is 2.22. The van der Waals surface area contributed by atoms with Crippen LogP contribution in [0.25, 0.3) is 0 Å². The van der Waals surface area contributed by atoms with Crippen LogP contribution in [0.2, 0.25) is 5.02 Å². The van der Waals surface area contributed by atoms with E-state index < -0.39 is 0 Å². The number of carbonyl (C=O) groups excluding carboxylic acids is 1. The average molecular weight is 367 g/mol. The van der Waals surface area contributed by atoms with Gasteiger partial charge in [0.15, 0.2) is 0 Å². The highest BCUT2D eigenvalue weighted by atomic mass is 35.5. The van der Waals surface area contributed by atoms with Crippen molar-refractivity contribution in [1.82, 2.24) is 4.90 Å². The molecule has 3 rings (SSSR count). The van der Waals surface area contributed by atoms with Gasteiger partial charge in [0.25, 0.3) is 5.91 Å². The average Bonchev–Trinajstić information content (AvgIpc) is 3.03. The second-order valence-electron chi connectivity index (χ2n) is 5.64. The third kappa shape index (κ3) is 4.41. The Morgan fingerprint density at radius 3 is 2.67 bits per heavy atom. The molecule has 4 nitrogen and oxygen atoms in total. The molecule has 1 aliphatic heterocycles. The maximum Gasteiger partial charge on any atom is 0.253 e. The standard InChI is InChI=1S/C18H19ClN2O2.ClH/c19-15-2-1-3-16(10-15)23-17-8-9-21(12-17)18(22)14-6-4-13(11-20)5-7-14;/h1-7,10,17H,8-9,11-12,20H2;1H. The second-order valence-corrected chi connectivity index (χ2v) is 6.07. The largest absolute Gasteiger partial charge is 0.488 e. The number of nitrogens with two attached hydrogens (primary N) is 1. The van der Waals surface area contributed by atoms with Gasteiger partial charge in [0.05, 0.1) is 6.54 Å². The van der Waals surface area contributed by atoms with E-state index in [0.717, 1.165) is 17.7 Å². The minimum atomic E-state index is 0. The van der Waals surface area contributed by atoms with E-state index in [1.165, 1.54) is 0 Å². The fraction of sp³-hybridized carbons (Fsp3) is 0.278. The fourth-order valence-electron chi connectivity index (χ4n) is 2.71. The maximum atomic E-state index is 12.5. The summed E-state index contributed by atoms with van der Waals surface area (Å²) in [5, 5.41) is 0.647. The monoisotopic (exact) mass is 366 g/mol. The van der Waals surface area contributed by atoms with E-state index in [9.17, 15) is 4.79 Å². The van der Waals surface area contributed by atoms with Crippen LogP contribution in [0.1, 0.15) is 22.3 Å². The molecule has 2 aromatic rings. The summed E-state index contributed by atoms with van der Waals surface area (Å²) in [6, 6.07) is 14.8. The Kier molecular flexibility index (Phi) is 6.49. The summed E-state index contributed by atoms with van der Waals surface area (Å²) in [6.07, 6.45) is 0.819. The molecule has 1 aliphatic rings. The molecule has 24 heavy (non-hydrogen) atoms. The van der Waals surface area contributed by atoms with Crippen molar-refractivity contribution in [3.05, 3.63) is 64.7 Å². The van der Waals surface area contributed by atoms with Crippen LogP contribution in [0, 0.1) is 0 Å². The van der Waals surface area contributed by atoms with Gasteiger partial charge >= 0.3 is 0 Å². The number of benzene rings is 2. The molecule has 1 heterocycles. The first-order valence-electron chi connectivity index (χ1n) is 7.66. The van der Waals surface area contributed by atoms with E-state index in [0.29, 0.717) is 30.2 Å². The number of amides is 1. The zero-order valence-corrected chi connectivity index (χ0v) is 14.7. The third-order valence-electron chi connectivity index (χ3n) is 3.97. The zero-order chi connectivity index (χ0) is 16.2. The Bertz CT molecular complexity index is 692. The fourth-order valence-corrected chi connectivity index (χ4v) is 2.89. The molecule has 128 valence electrons. The Morgan fingerprint density at radius 2 is 2.00 bits per heavy atom. The minimum Gasteiger partial charge on any atom is -0.488 e. The molecular formula is C18H20Cl2N2O2. The van der Waals surface area contributed by atoms with Gasteiger partial charge < -0.3 is 15.4 Å². The van der Waals surface area contributed by atoms with Crippen LogP contribution in [-0.2, 0) is 6.54 Å². The predicted molar refractivity (Wildman–Crippen MR) is 98.0 cm³/mol. The summed E-state index contributed by atoms with van der Waals surface area (Å²) in [6.45, 7) is 1.76. The second kappa shape index (κ2) is 8.38. The van der Waals surface area contributed by atoms with Crippen LogP contribution in [0.4, 0.5) is 0 Å². The molecule has 0 aromatic heterocycles. The SMILES string of the molecule is Cl.NCc1ccc(C(=O)N2CCC(Oc3cccc(Cl)c3)C2)cc1. The van der Waals surface area contributed by atoms with Gasteiger partial charge in [0.1, 0.15) is 11.9 Å². The molecule has 0 bridgehead atoms. The van der Waals surface area contributed by atoms with Crippen molar-refractivity contribution in [3.63, 3.8) is 0 Å². The lowest BCUT2D eigenvalue weighted by atomic mass is 10.1. The van der Waals surface area contributed by atoms with Gasteiger partial charge in [0.2, 0.25) is 0 Å². The smallest absolute Gasteiger partial charge is 0.253 e. The van der Waals surface area contributed by atoms with Crippen molar-refractivity contribution in [1.29, 1.82) is 0 Å². The Hall–Kier alpha value is -1.75. The normalized spacial score (nSPS) is 16.6. The number of nitrogens with zero attached hydrogens (tertiary/aromatic N) is 1. The third-order valence-corrected chi connectivity index (χ3v) is 4.20. The lowest BCUT2D eigenvalue weighted by Crippen LogP contribution is -2.30. The molecule has 0 spiro atoms. The van der Waals surface area contributed by atoms with Crippen molar-refractivity contribution in [2.24, 2.45) is 5.73 Å². The number of likely N-dealkylation sites (tertiary alicyclic amines) is 1. The molecule has 1 atom stereocenters. The lowest BCUT2D eigenvalue weighted by molar-refractivity contribution is 0.0772. The number of rotatable bonds is 4. The van der Waals surface area contributed by atoms with Crippen molar-refractivity contribution >= 4 is 29.9 Å². The van der Waals surface area contributed by atoms with E-state index in [1.807, 2.05) is 47.4 Å². The lowest BCUT2D eigenvalue weighted by Gasteiger charge is -2.17. The topological polar surface area (TPSA) is 55.6 Å². The summed E-state index contributed by atoms with van der Waals surface area (Å²) < 4.78 is 5.91.